The zero-order chi connectivity index (χ0) is 10.1. The van der Waals surface area contributed by atoms with Gasteiger partial charge in [-0.05, 0) is 49.1 Å². The minimum absolute atomic E-state index is 0.512. The Balaban J connectivity index is 2.45. The summed E-state index contributed by atoms with van der Waals surface area (Å²) >= 11 is 6.01. The van der Waals surface area contributed by atoms with Gasteiger partial charge in [-0.3, -0.25) is 0 Å². The van der Waals surface area contributed by atoms with Crippen molar-refractivity contribution < 1.29 is 0 Å². The molecule has 0 amide bonds. The Hall–Kier alpha value is -0.530. The highest BCUT2D eigenvalue weighted by Crippen LogP contribution is 2.38. The summed E-state index contributed by atoms with van der Waals surface area (Å²) in [6.07, 6.45) is 2.48. The second kappa shape index (κ2) is 3.92. The van der Waals surface area contributed by atoms with Gasteiger partial charge in [0.15, 0.2) is 0 Å². The molecule has 1 nitrogen and oxygen atoms in total. The van der Waals surface area contributed by atoms with Gasteiger partial charge in [0.1, 0.15) is 0 Å². The maximum atomic E-state index is 6.01. The van der Waals surface area contributed by atoms with E-state index in [9.17, 15) is 0 Å². The van der Waals surface area contributed by atoms with E-state index in [-0.39, 0.29) is 0 Å². The number of halogens is 1. The molecule has 1 aromatic rings. The molecule has 0 saturated carbocycles. The van der Waals surface area contributed by atoms with Gasteiger partial charge in [0, 0.05) is 11.1 Å². The highest BCUT2D eigenvalue weighted by molar-refractivity contribution is 6.30. The highest BCUT2D eigenvalue weighted by atomic mass is 35.5. The maximum absolute atomic E-state index is 6.01. The molecule has 0 heterocycles. The average Bonchev–Trinajstić information content (AvgIpc) is 2.19. The molecule has 2 unspecified atom stereocenters. The van der Waals surface area contributed by atoms with E-state index in [4.69, 9.17) is 11.6 Å². The molecule has 1 aliphatic carbocycles. The van der Waals surface area contributed by atoms with Crippen LogP contribution in [0.2, 0.25) is 5.02 Å². The summed E-state index contributed by atoms with van der Waals surface area (Å²) < 4.78 is 0. The molecule has 0 radical (unpaired) electrons. The molecular weight excluding hydrogens is 194 g/mol. The van der Waals surface area contributed by atoms with Crippen LogP contribution in [0, 0.1) is 0 Å². The lowest BCUT2D eigenvalue weighted by molar-refractivity contribution is 0.460. The first-order valence-corrected chi connectivity index (χ1v) is 5.56. The molecule has 1 aromatic carbocycles. The van der Waals surface area contributed by atoms with Crippen LogP contribution in [-0.2, 0) is 0 Å². The van der Waals surface area contributed by atoms with Crippen LogP contribution < -0.4 is 5.32 Å². The van der Waals surface area contributed by atoms with Crippen LogP contribution in [0.1, 0.15) is 42.9 Å². The highest BCUT2D eigenvalue weighted by Gasteiger charge is 2.23. The number of hydrogen-bond donors (Lipinski definition) is 1. The molecule has 1 N–H and O–H groups in total. The predicted octanol–water partition coefficient (Wildman–Crippen LogP) is 3.50. The summed E-state index contributed by atoms with van der Waals surface area (Å²) in [4.78, 5) is 0. The minimum Gasteiger partial charge on any atom is -0.313 e. The maximum Gasteiger partial charge on any atom is 0.0409 e. The number of fused-ring (bicyclic) bond motifs is 1. The normalized spacial score (nSPS) is 25.9. The molecule has 0 bridgehead atoms. The largest absolute Gasteiger partial charge is 0.313 e. The van der Waals surface area contributed by atoms with E-state index in [0.717, 1.165) is 5.02 Å². The van der Waals surface area contributed by atoms with Gasteiger partial charge < -0.3 is 5.32 Å². The summed E-state index contributed by atoms with van der Waals surface area (Å²) in [6, 6.07) is 6.78. The number of hydrogen-bond acceptors (Lipinski definition) is 1. The Kier molecular flexibility index (Phi) is 2.80. The molecule has 76 valence electrons. The van der Waals surface area contributed by atoms with Gasteiger partial charge in [0.05, 0.1) is 0 Å². The van der Waals surface area contributed by atoms with E-state index in [1.165, 1.54) is 24.0 Å². The van der Waals surface area contributed by atoms with Crippen LogP contribution in [0.5, 0.6) is 0 Å². The third-order valence-corrected chi connectivity index (χ3v) is 3.43. The van der Waals surface area contributed by atoms with Crippen LogP contribution in [0.4, 0.5) is 0 Å². The fourth-order valence-electron chi connectivity index (χ4n) is 2.32. The summed E-state index contributed by atoms with van der Waals surface area (Å²) in [7, 11) is 2.03. The lowest BCUT2D eigenvalue weighted by atomic mass is 9.81. The summed E-state index contributed by atoms with van der Waals surface area (Å²) in [5.74, 6) is 0.647. The molecule has 0 aromatic heterocycles. The zero-order valence-corrected chi connectivity index (χ0v) is 9.43. The molecule has 0 aliphatic heterocycles. The Morgan fingerprint density at radius 1 is 1.29 bits per heavy atom. The van der Waals surface area contributed by atoms with Crippen molar-refractivity contribution in [2.45, 2.75) is 31.7 Å². The van der Waals surface area contributed by atoms with E-state index in [1.54, 1.807) is 0 Å². The van der Waals surface area contributed by atoms with Gasteiger partial charge in [-0.1, -0.05) is 24.6 Å². The van der Waals surface area contributed by atoms with Crippen LogP contribution >= 0.6 is 11.6 Å². The van der Waals surface area contributed by atoms with Crippen molar-refractivity contribution in [2.75, 3.05) is 7.05 Å². The van der Waals surface area contributed by atoms with Gasteiger partial charge in [-0.2, -0.15) is 0 Å². The SMILES string of the molecule is CNC1CCC(C)c2cc(Cl)ccc21. The van der Waals surface area contributed by atoms with Gasteiger partial charge in [0.25, 0.3) is 0 Å². The topological polar surface area (TPSA) is 12.0 Å². The van der Waals surface area contributed by atoms with Crippen molar-refractivity contribution >= 4 is 11.6 Å². The van der Waals surface area contributed by atoms with E-state index < -0.39 is 0 Å². The summed E-state index contributed by atoms with van der Waals surface area (Å²) in [5.41, 5.74) is 2.85. The second-order valence-corrected chi connectivity index (χ2v) is 4.53. The van der Waals surface area contributed by atoms with Crippen LogP contribution in [0.3, 0.4) is 0 Å². The van der Waals surface area contributed by atoms with Gasteiger partial charge >= 0.3 is 0 Å². The van der Waals surface area contributed by atoms with Gasteiger partial charge in [-0.15, -0.1) is 0 Å². The summed E-state index contributed by atoms with van der Waals surface area (Å²) in [6.45, 7) is 2.28. The van der Waals surface area contributed by atoms with Crippen LogP contribution in [-0.4, -0.2) is 7.05 Å². The summed E-state index contributed by atoms with van der Waals surface area (Å²) in [5, 5.41) is 4.21. The van der Waals surface area contributed by atoms with Crippen LogP contribution in [0.25, 0.3) is 0 Å². The Bertz CT molecular complexity index is 335. The zero-order valence-electron chi connectivity index (χ0n) is 8.68. The third kappa shape index (κ3) is 1.67. The first-order chi connectivity index (χ1) is 6.72. The number of benzene rings is 1. The fraction of sp³-hybridized carbons (Fsp3) is 0.500. The van der Waals surface area contributed by atoms with Crippen molar-refractivity contribution in [1.29, 1.82) is 0 Å². The molecule has 14 heavy (non-hydrogen) atoms. The molecule has 0 spiro atoms. The molecule has 0 fully saturated rings. The first kappa shape index (κ1) is 10.0. The molecule has 0 saturated heterocycles. The van der Waals surface area contributed by atoms with Crippen LogP contribution in [0.15, 0.2) is 18.2 Å². The van der Waals surface area contributed by atoms with Crippen molar-refractivity contribution in [3.8, 4) is 0 Å². The Morgan fingerprint density at radius 3 is 2.79 bits per heavy atom. The lowest BCUT2D eigenvalue weighted by Gasteiger charge is -2.29. The predicted molar refractivity (Wildman–Crippen MR) is 60.9 cm³/mol. The molecule has 2 rings (SSSR count). The fourth-order valence-corrected chi connectivity index (χ4v) is 2.50. The monoisotopic (exact) mass is 209 g/mol. The minimum atomic E-state index is 0.512. The van der Waals surface area contributed by atoms with E-state index in [2.05, 4.69) is 24.4 Å². The van der Waals surface area contributed by atoms with Crippen molar-refractivity contribution in [1.82, 2.24) is 5.32 Å². The Labute approximate surface area is 90.5 Å². The van der Waals surface area contributed by atoms with Crippen molar-refractivity contribution in [2.24, 2.45) is 0 Å². The van der Waals surface area contributed by atoms with Crippen molar-refractivity contribution in [3.05, 3.63) is 34.3 Å². The van der Waals surface area contributed by atoms with E-state index >= 15 is 0 Å². The third-order valence-electron chi connectivity index (χ3n) is 3.19. The number of rotatable bonds is 1. The van der Waals surface area contributed by atoms with Crippen molar-refractivity contribution in [3.63, 3.8) is 0 Å². The smallest absolute Gasteiger partial charge is 0.0409 e. The quantitative estimate of drug-likeness (QED) is 0.747. The van der Waals surface area contributed by atoms with Gasteiger partial charge in [0.2, 0.25) is 0 Å². The molecular formula is C12H16ClN. The second-order valence-electron chi connectivity index (χ2n) is 4.09. The lowest BCUT2D eigenvalue weighted by Crippen LogP contribution is -2.22. The molecule has 1 aliphatic rings. The number of nitrogens with one attached hydrogen (secondary N) is 1. The molecule has 2 atom stereocenters. The molecule has 2 heteroatoms. The van der Waals surface area contributed by atoms with E-state index in [0.29, 0.717) is 12.0 Å². The Morgan fingerprint density at radius 2 is 2.07 bits per heavy atom. The van der Waals surface area contributed by atoms with E-state index in [1.807, 2.05) is 13.1 Å². The van der Waals surface area contributed by atoms with Gasteiger partial charge in [-0.25, -0.2) is 0 Å². The standard InChI is InChI=1S/C12H16ClN/c1-8-3-6-12(14-2)10-5-4-9(13)7-11(8)10/h4-5,7-8,12,14H,3,6H2,1-2H3. The average molecular weight is 210 g/mol. The first-order valence-electron chi connectivity index (χ1n) is 5.19.